The molecule has 0 saturated heterocycles. The second-order valence-electron chi connectivity index (χ2n) is 3.83. The quantitative estimate of drug-likeness (QED) is 0.511. The summed E-state index contributed by atoms with van der Waals surface area (Å²) in [5, 5.41) is 0. The minimum Gasteiger partial charge on any atom is -0.329 e. The van der Waals surface area contributed by atoms with Gasteiger partial charge in [-0.1, -0.05) is 6.08 Å². The second kappa shape index (κ2) is 5.51. The molecule has 17 heavy (non-hydrogen) atoms. The molecule has 0 spiro atoms. The molecule has 0 aliphatic heterocycles. The molecule has 0 aromatic carbocycles. The zero-order chi connectivity index (χ0) is 12.3. The summed E-state index contributed by atoms with van der Waals surface area (Å²) in [6.07, 6.45) is 3.79. The van der Waals surface area contributed by atoms with E-state index in [0.717, 1.165) is 39.5 Å². The highest BCUT2D eigenvalue weighted by Gasteiger charge is 2.05. The molecule has 90 valence electrons. The summed E-state index contributed by atoms with van der Waals surface area (Å²) >= 11 is 7.16. The van der Waals surface area contributed by atoms with Gasteiger partial charge < -0.3 is 9.55 Å². The predicted molar refractivity (Wildman–Crippen MR) is 77.2 cm³/mol. The molecule has 0 atom stereocenters. The van der Waals surface area contributed by atoms with Crippen LogP contribution in [0.4, 0.5) is 0 Å². The van der Waals surface area contributed by atoms with Crippen LogP contribution in [0.2, 0.25) is 0 Å². The van der Waals surface area contributed by atoms with Crippen LogP contribution in [0.3, 0.4) is 0 Å². The fourth-order valence-corrected chi connectivity index (χ4v) is 2.61. The maximum atomic E-state index is 5.31. The van der Waals surface area contributed by atoms with Gasteiger partial charge in [-0.05, 0) is 30.8 Å². The Kier molecular flexibility index (Phi) is 4.02. The minimum absolute atomic E-state index is 0.748. The van der Waals surface area contributed by atoms with Gasteiger partial charge in [0.2, 0.25) is 0 Å². The van der Waals surface area contributed by atoms with E-state index in [4.69, 9.17) is 12.2 Å². The molecule has 2 aromatic heterocycles. The first-order chi connectivity index (χ1) is 8.22. The van der Waals surface area contributed by atoms with Crippen molar-refractivity contribution in [2.75, 3.05) is 11.5 Å². The Morgan fingerprint density at radius 1 is 1.65 bits per heavy atom. The van der Waals surface area contributed by atoms with E-state index in [1.165, 1.54) is 0 Å². The molecule has 2 heterocycles. The lowest BCUT2D eigenvalue weighted by Crippen LogP contribution is -2.01. The highest BCUT2D eigenvalue weighted by atomic mass is 32.2. The van der Waals surface area contributed by atoms with Crippen molar-refractivity contribution in [3.63, 3.8) is 0 Å². The van der Waals surface area contributed by atoms with Gasteiger partial charge in [-0.3, -0.25) is 0 Å². The van der Waals surface area contributed by atoms with Gasteiger partial charge in [0.05, 0.1) is 5.52 Å². The first-order valence-corrected chi connectivity index (χ1v) is 7.02. The number of aryl methyl sites for hydroxylation is 2. The molecule has 1 N–H and O–H groups in total. The van der Waals surface area contributed by atoms with E-state index in [0.29, 0.717) is 0 Å². The topological polar surface area (TPSA) is 33.6 Å². The van der Waals surface area contributed by atoms with Crippen molar-refractivity contribution >= 4 is 35.1 Å². The molecule has 0 aliphatic rings. The maximum absolute atomic E-state index is 5.31. The molecule has 0 aliphatic carbocycles. The first-order valence-electron chi connectivity index (χ1n) is 5.46. The average molecular weight is 265 g/mol. The van der Waals surface area contributed by atoms with Gasteiger partial charge in [-0.2, -0.15) is 11.8 Å². The number of nitrogens with one attached hydrogen (secondary N) is 1. The third-order valence-corrected chi connectivity index (χ3v) is 3.71. The summed E-state index contributed by atoms with van der Waals surface area (Å²) in [6.45, 7) is 6.62. The third-order valence-electron chi connectivity index (χ3n) is 2.44. The number of hydrogen-bond donors (Lipinski definition) is 1. The average Bonchev–Trinajstić information content (AvgIpc) is 2.60. The van der Waals surface area contributed by atoms with Crippen molar-refractivity contribution in [2.45, 2.75) is 13.5 Å². The number of aromatic nitrogens is 3. The molecular weight excluding hydrogens is 250 g/mol. The molecule has 5 heteroatoms. The molecule has 0 fully saturated rings. The molecule has 0 saturated carbocycles. The number of rotatable bonds is 5. The molecule has 2 aromatic rings. The first kappa shape index (κ1) is 12.4. The summed E-state index contributed by atoms with van der Waals surface area (Å²) in [7, 11) is 0. The van der Waals surface area contributed by atoms with E-state index >= 15 is 0 Å². The Hall–Kier alpha value is -1.07. The minimum atomic E-state index is 0.748. The van der Waals surface area contributed by atoms with Crippen LogP contribution in [-0.2, 0) is 6.54 Å². The Labute approximate surface area is 110 Å². The van der Waals surface area contributed by atoms with Crippen molar-refractivity contribution < 1.29 is 0 Å². The standard InChI is InChI=1S/C12H15N3S2/c1-3-5-17-6-4-15-11-10(14-12(15)16)7-9(2)8-13-11/h3,7-8H,1,4-6H2,2H3,(H,14,16). The van der Waals surface area contributed by atoms with Crippen LogP contribution < -0.4 is 0 Å². The number of hydrogen-bond acceptors (Lipinski definition) is 3. The molecule has 0 radical (unpaired) electrons. The largest absolute Gasteiger partial charge is 0.329 e. The van der Waals surface area contributed by atoms with Gasteiger partial charge in [-0.25, -0.2) is 4.98 Å². The van der Waals surface area contributed by atoms with E-state index < -0.39 is 0 Å². The smallest absolute Gasteiger partial charge is 0.179 e. The lowest BCUT2D eigenvalue weighted by Gasteiger charge is -2.02. The van der Waals surface area contributed by atoms with Crippen LogP contribution in [0.1, 0.15) is 5.56 Å². The van der Waals surface area contributed by atoms with E-state index in [1.807, 2.05) is 31.0 Å². The second-order valence-corrected chi connectivity index (χ2v) is 5.37. The van der Waals surface area contributed by atoms with E-state index in [-0.39, 0.29) is 0 Å². The lowest BCUT2D eigenvalue weighted by atomic mass is 10.3. The fourth-order valence-electron chi connectivity index (χ4n) is 1.68. The Bertz CT molecular complexity index is 583. The predicted octanol–water partition coefficient (Wildman–Crippen LogP) is 3.32. The summed E-state index contributed by atoms with van der Waals surface area (Å²) in [4.78, 5) is 7.63. The van der Waals surface area contributed by atoms with Gasteiger partial charge in [-0.15, -0.1) is 6.58 Å². The van der Waals surface area contributed by atoms with Crippen LogP contribution in [0.25, 0.3) is 11.2 Å². The van der Waals surface area contributed by atoms with Crippen molar-refractivity contribution in [3.05, 3.63) is 35.3 Å². The Morgan fingerprint density at radius 2 is 2.47 bits per heavy atom. The SMILES string of the molecule is C=CCSCCn1c(=S)[nH]c2cc(C)cnc21. The van der Waals surface area contributed by atoms with Gasteiger partial charge in [0, 0.05) is 24.2 Å². The molecule has 3 nitrogen and oxygen atoms in total. The van der Waals surface area contributed by atoms with E-state index in [1.54, 1.807) is 0 Å². The number of nitrogens with zero attached hydrogens (tertiary/aromatic N) is 2. The lowest BCUT2D eigenvalue weighted by molar-refractivity contribution is 0.774. The van der Waals surface area contributed by atoms with Crippen molar-refractivity contribution in [1.82, 2.24) is 14.5 Å². The van der Waals surface area contributed by atoms with E-state index in [9.17, 15) is 0 Å². The summed E-state index contributed by atoms with van der Waals surface area (Å²) in [6, 6.07) is 2.07. The Balaban J connectivity index is 2.24. The third kappa shape index (κ3) is 2.79. The molecule has 2 rings (SSSR count). The number of aromatic amines is 1. The summed E-state index contributed by atoms with van der Waals surface area (Å²) in [5.41, 5.74) is 3.10. The fraction of sp³-hybridized carbons (Fsp3) is 0.333. The molecule has 0 bridgehead atoms. The zero-order valence-corrected chi connectivity index (χ0v) is 11.4. The van der Waals surface area contributed by atoms with Crippen LogP contribution in [0, 0.1) is 11.7 Å². The highest BCUT2D eigenvalue weighted by molar-refractivity contribution is 7.99. The monoisotopic (exact) mass is 265 g/mol. The van der Waals surface area contributed by atoms with Gasteiger partial charge >= 0.3 is 0 Å². The van der Waals surface area contributed by atoms with Crippen LogP contribution in [-0.4, -0.2) is 26.0 Å². The normalized spacial score (nSPS) is 10.9. The van der Waals surface area contributed by atoms with Gasteiger partial charge in [0.15, 0.2) is 10.4 Å². The van der Waals surface area contributed by atoms with Crippen molar-refractivity contribution in [2.24, 2.45) is 0 Å². The number of pyridine rings is 1. The number of fused-ring (bicyclic) bond motifs is 1. The molecule has 0 amide bonds. The number of thioether (sulfide) groups is 1. The summed E-state index contributed by atoms with van der Waals surface area (Å²) < 4.78 is 2.80. The Morgan fingerprint density at radius 3 is 3.24 bits per heavy atom. The van der Waals surface area contributed by atoms with Gasteiger partial charge in [0.1, 0.15) is 0 Å². The molecule has 0 unspecified atom stereocenters. The van der Waals surface area contributed by atoms with Gasteiger partial charge in [0.25, 0.3) is 0 Å². The number of imidazole rings is 1. The van der Waals surface area contributed by atoms with Crippen molar-refractivity contribution in [1.29, 1.82) is 0 Å². The summed E-state index contributed by atoms with van der Waals surface area (Å²) in [5.74, 6) is 1.99. The van der Waals surface area contributed by atoms with Crippen molar-refractivity contribution in [3.8, 4) is 0 Å². The van der Waals surface area contributed by atoms with E-state index in [2.05, 4.69) is 27.2 Å². The highest BCUT2D eigenvalue weighted by Crippen LogP contribution is 2.14. The van der Waals surface area contributed by atoms with Crippen LogP contribution in [0.5, 0.6) is 0 Å². The number of H-pyrrole nitrogens is 1. The molecular formula is C12H15N3S2. The zero-order valence-electron chi connectivity index (χ0n) is 9.77. The van der Waals surface area contributed by atoms with Crippen LogP contribution in [0.15, 0.2) is 24.9 Å². The maximum Gasteiger partial charge on any atom is 0.179 e. The van der Waals surface area contributed by atoms with Crippen LogP contribution >= 0.6 is 24.0 Å².